The van der Waals surface area contributed by atoms with Gasteiger partial charge in [-0.2, -0.15) is 0 Å². The summed E-state index contributed by atoms with van der Waals surface area (Å²) in [7, 11) is 0. The fourth-order valence-corrected chi connectivity index (χ4v) is 2.81. The highest BCUT2D eigenvalue weighted by atomic mass is 16.6. The van der Waals surface area contributed by atoms with Gasteiger partial charge in [-0.1, -0.05) is 97.3 Å². The van der Waals surface area contributed by atoms with Crippen molar-refractivity contribution in [3.63, 3.8) is 0 Å². The van der Waals surface area contributed by atoms with Crippen molar-refractivity contribution in [2.75, 3.05) is 6.61 Å². The molecule has 0 saturated heterocycles. The van der Waals surface area contributed by atoms with Crippen LogP contribution >= 0.6 is 0 Å². The molecular formula is C20H42O2. The Kier molecular flexibility index (Phi) is 18.9. The number of unbranched alkanes of at least 4 members (excludes halogenated alkanes) is 13. The van der Waals surface area contributed by atoms with Crippen LogP contribution in [0.15, 0.2) is 0 Å². The van der Waals surface area contributed by atoms with Gasteiger partial charge in [0.25, 0.3) is 0 Å². The van der Waals surface area contributed by atoms with Crippen LogP contribution in [0.1, 0.15) is 117 Å². The first-order valence-corrected chi connectivity index (χ1v) is 10.1. The molecule has 1 atom stereocenters. The molecule has 0 saturated carbocycles. The fourth-order valence-electron chi connectivity index (χ4n) is 2.81. The molecule has 0 aromatic heterocycles. The van der Waals surface area contributed by atoms with Crippen LogP contribution in [-0.4, -0.2) is 18.0 Å². The summed E-state index contributed by atoms with van der Waals surface area (Å²) in [5.41, 5.74) is 0. The molecule has 134 valence electrons. The number of aliphatic hydroxyl groups excluding tert-OH is 1. The fraction of sp³-hybridized carbons (Fsp3) is 1.00. The van der Waals surface area contributed by atoms with Crippen molar-refractivity contribution in [1.29, 1.82) is 0 Å². The summed E-state index contributed by atoms with van der Waals surface area (Å²) in [4.78, 5) is 0. The number of hydrogen-bond donors (Lipinski definition) is 1. The Bertz CT molecular complexity index is 194. The molecule has 2 heteroatoms. The molecule has 0 radical (unpaired) electrons. The SMILES string of the molecule is CCCCCCCCCCCC(O)OCCCCCCCC. The molecule has 0 heterocycles. The summed E-state index contributed by atoms with van der Waals surface area (Å²) in [6, 6.07) is 0. The second-order valence-corrected chi connectivity index (χ2v) is 6.71. The summed E-state index contributed by atoms with van der Waals surface area (Å²) in [6.07, 6.45) is 19.9. The van der Waals surface area contributed by atoms with Gasteiger partial charge < -0.3 is 9.84 Å². The minimum Gasteiger partial charge on any atom is -0.368 e. The maximum Gasteiger partial charge on any atom is 0.154 e. The Hall–Kier alpha value is -0.0800. The lowest BCUT2D eigenvalue weighted by molar-refractivity contribution is -0.105. The maximum absolute atomic E-state index is 9.77. The highest BCUT2D eigenvalue weighted by Crippen LogP contribution is 2.12. The van der Waals surface area contributed by atoms with Crippen molar-refractivity contribution in [3.8, 4) is 0 Å². The van der Waals surface area contributed by atoms with Gasteiger partial charge in [0, 0.05) is 6.61 Å². The van der Waals surface area contributed by atoms with Gasteiger partial charge in [0.2, 0.25) is 0 Å². The molecule has 1 unspecified atom stereocenters. The molecule has 0 aromatic rings. The summed E-state index contributed by atoms with van der Waals surface area (Å²) in [5, 5.41) is 9.77. The zero-order valence-electron chi connectivity index (χ0n) is 15.5. The predicted molar refractivity (Wildman–Crippen MR) is 97.2 cm³/mol. The van der Waals surface area contributed by atoms with Gasteiger partial charge in [-0.25, -0.2) is 0 Å². The number of hydrogen-bond acceptors (Lipinski definition) is 2. The molecule has 0 spiro atoms. The van der Waals surface area contributed by atoms with E-state index in [1.165, 1.54) is 83.5 Å². The van der Waals surface area contributed by atoms with E-state index in [1.807, 2.05) is 0 Å². The van der Waals surface area contributed by atoms with Crippen LogP contribution in [0.4, 0.5) is 0 Å². The summed E-state index contributed by atoms with van der Waals surface area (Å²) in [6.45, 7) is 5.23. The third-order valence-electron chi connectivity index (χ3n) is 4.36. The highest BCUT2D eigenvalue weighted by molar-refractivity contribution is 4.50. The van der Waals surface area contributed by atoms with Crippen LogP contribution < -0.4 is 0 Å². The molecule has 0 rings (SSSR count). The zero-order chi connectivity index (χ0) is 16.3. The second-order valence-electron chi connectivity index (χ2n) is 6.71. The Balaban J connectivity index is 3.11. The van der Waals surface area contributed by atoms with E-state index in [4.69, 9.17) is 4.74 Å². The molecule has 0 aliphatic rings. The molecule has 2 nitrogen and oxygen atoms in total. The van der Waals surface area contributed by atoms with Gasteiger partial charge in [-0.3, -0.25) is 0 Å². The quantitative estimate of drug-likeness (QED) is 0.228. The Morgan fingerprint density at radius 1 is 0.591 bits per heavy atom. The largest absolute Gasteiger partial charge is 0.368 e. The molecule has 0 aromatic carbocycles. The van der Waals surface area contributed by atoms with Gasteiger partial charge in [0.05, 0.1) is 0 Å². The van der Waals surface area contributed by atoms with E-state index in [0.717, 1.165) is 25.9 Å². The third kappa shape index (κ3) is 18.0. The van der Waals surface area contributed by atoms with Crippen LogP contribution in [0.2, 0.25) is 0 Å². The first kappa shape index (κ1) is 21.9. The molecular weight excluding hydrogens is 272 g/mol. The highest BCUT2D eigenvalue weighted by Gasteiger charge is 2.03. The molecule has 0 amide bonds. The average molecular weight is 315 g/mol. The smallest absolute Gasteiger partial charge is 0.154 e. The minimum absolute atomic E-state index is 0.528. The van der Waals surface area contributed by atoms with Gasteiger partial charge >= 0.3 is 0 Å². The zero-order valence-corrected chi connectivity index (χ0v) is 15.5. The van der Waals surface area contributed by atoms with E-state index in [-0.39, 0.29) is 0 Å². The van der Waals surface area contributed by atoms with Crippen LogP contribution in [0, 0.1) is 0 Å². The van der Waals surface area contributed by atoms with Crippen LogP contribution in [-0.2, 0) is 4.74 Å². The summed E-state index contributed by atoms with van der Waals surface area (Å²) >= 11 is 0. The van der Waals surface area contributed by atoms with E-state index in [9.17, 15) is 5.11 Å². The van der Waals surface area contributed by atoms with Crippen molar-refractivity contribution < 1.29 is 9.84 Å². The first-order chi connectivity index (χ1) is 10.8. The maximum atomic E-state index is 9.77. The Morgan fingerprint density at radius 2 is 1.00 bits per heavy atom. The van der Waals surface area contributed by atoms with Crippen molar-refractivity contribution in [3.05, 3.63) is 0 Å². The Morgan fingerprint density at radius 3 is 1.50 bits per heavy atom. The van der Waals surface area contributed by atoms with E-state index >= 15 is 0 Å². The second kappa shape index (κ2) is 19.0. The molecule has 0 aliphatic carbocycles. The van der Waals surface area contributed by atoms with Gasteiger partial charge in [-0.15, -0.1) is 0 Å². The van der Waals surface area contributed by atoms with E-state index in [2.05, 4.69) is 13.8 Å². The normalized spacial score (nSPS) is 12.7. The summed E-state index contributed by atoms with van der Waals surface area (Å²) < 4.78 is 5.48. The molecule has 0 fully saturated rings. The van der Waals surface area contributed by atoms with Crippen LogP contribution in [0.3, 0.4) is 0 Å². The Labute approximate surface area is 140 Å². The standard InChI is InChI=1S/C20H42O2/c1-3-5-7-9-11-12-13-14-16-18-20(21)22-19-17-15-10-8-6-4-2/h20-21H,3-19H2,1-2H3. The predicted octanol–water partition coefficient (Wildman–Crippen LogP) is 6.60. The lowest BCUT2D eigenvalue weighted by atomic mass is 10.1. The van der Waals surface area contributed by atoms with Gasteiger partial charge in [0.1, 0.15) is 0 Å². The lowest BCUT2D eigenvalue weighted by Gasteiger charge is -2.11. The van der Waals surface area contributed by atoms with Crippen LogP contribution in [0.5, 0.6) is 0 Å². The number of rotatable bonds is 18. The van der Waals surface area contributed by atoms with Gasteiger partial charge in [-0.05, 0) is 19.3 Å². The van der Waals surface area contributed by atoms with Crippen LogP contribution in [0.25, 0.3) is 0 Å². The van der Waals surface area contributed by atoms with Gasteiger partial charge in [0.15, 0.2) is 6.29 Å². The lowest BCUT2D eigenvalue weighted by Crippen LogP contribution is -2.12. The van der Waals surface area contributed by atoms with Crippen molar-refractivity contribution >= 4 is 0 Å². The minimum atomic E-state index is -0.528. The average Bonchev–Trinajstić information content (AvgIpc) is 2.52. The molecule has 0 bridgehead atoms. The van der Waals surface area contributed by atoms with Crippen molar-refractivity contribution in [1.82, 2.24) is 0 Å². The molecule has 1 N–H and O–H groups in total. The van der Waals surface area contributed by atoms with Crippen molar-refractivity contribution in [2.24, 2.45) is 0 Å². The van der Waals surface area contributed by atoms with E-state index < -0.39 is 6.29 Å². The molecule has 22 heavy (non-hydrogen) atoms. The first-order valence-electron chi connectivity index (χ1n) is 10.1. The monoisotopic (exact) mass is 314 g/mol. The van der Waals surface area contributed by atoms with E-state index in [0.29, 0.717) is 0 Å². The number of ether oxygens (including phenoxy) is 1. The van der Waals surface area contributed by atoms with E-state index in [1.54, 1.807) is 0 Å². The summed E-state index contributed by atoms with van der Waals surface area (Å²) in [5.74, 6) is 0. The van der Waals surface area contributed by atoms with Crippen molar-refractivity contribution in [2.45, 2.75) is 123 Å². The molecule has 0 aliphatic heterocycles. The third-order valence-corrected chi connectivity index (χ3v) is 4.36. The number of aliphatic hydroxyl groups is 1. The topological polar surface area (TPSA) is 29.5 Å².